The maximum absolute atomic E-state index is 11.7. The highest BCUT2D eigenvalue weighted by Crippen LogP contribution is 2.07. The van der Waals surface area contributed by atoms with Gasteiger partial charge in [-0.15, -0.1) is 0 Å². The summed E-state index contributed by atoms with van der Waals surface area (Å²) in [5.41, 5.74) is 0. The van der Waals surface area contributed by atoms with Gasteiger partial charge >= 0.3 is 0 Å². The molecule has 0 amide bonds. The third kappa shape index (κ3) is 11.1. The summed E-state index contributed by atoms with van der Waals surface area (Å²) in [5, 5.41) is 22.3. The highest BCUT2D eigenvalue weighted by molar-refractivity contribution is 7.86. The van der Waals surface area contributed by atoms with E-state index in [9.17, 15) is 27.0 Å². The van der Waals surface area contributed by atoms with Gasteiger partial charge in [-0.2, -0.15) is 34.1 Å². The molecule has 0 aromatic carbocycles. The number of hydrogen-bond acceptors (Lipinski definition) is 8. The Bertz CT molecular complexity index is 707. The van der Waals surface area contributed by atoms with Crippen LogP contribution < -0.4 is 5.09 Å². The largest absolute Gasteiger partial charge is 0.390 e. The van der Waals surface area contributed by atoms with Gasteiger partial charge in [-0.05, 0) is 27.9 Å². The number of nitrogens with one attached hydrogen (secondary N) is 1. The molecule has 0 heterocycles. The van der Waals surface area contributed by atoms with Crippen LogP contribution in [0.5, 0.6) is 0 Å². The topological polar surface area (TPSA) is 137 Å². The van der Waals surface area contributed by atoms with Crippen molar-refractivity contribution in [3.05, 3.63) is 0 Å². The molecule has 15 heteroatoms. The summed E-state index contributed by atoms with van der Waals surface area (Å²) in [7, 11) is 7.82. The van der Waals surface area contributed by atoms with Crippen molar-refractivity contribution in [1.82, 2.24) is 27.2 Å². The highest BCUT2D eigenvalue weighted by atomic mass is 32.2. The second-order valence-corrected chi connectivity index (χ2v) is 12.8. The molecule has 1 unspecified atom stereocenters. The van der Waals surface area contributed by atoms with Crippen molar-refractivity contribution in [1.29, 1.82) is 0 Å². The minimum absolute atomic E-state index is 0.0586. The molecule has 0 aromatic rings. The normalized spacial score (nSPS) is 17.1. The number of hydrogen-bond donors (Lipinski definition) is 3. The lowest BCUT2D eigenvalue weighted by Crippen LogP contribution is -2.47. The maximum atomic E-state index is 11.7. The smallest absolute Gasteiger partial charge is 0.281 e. The molecule has 0 aliphatic heterocycles. The lowest BCUT2D eigenvalue weighted by Gasteiger charge is -2.29. The predicted octanol–water partition coefficient (Wildman–Crippen LogP) is -2.11. The number of likely N-dealkylation sites (N-methyl/N-ethyl adjacent to an activating group) is 3. The second kappa shape index (κ2) is 14.3. The lowest BCUT2D eigenvalue weighted by atomic mass is 10.2. The Balaban J connectivity index is 0. The zero-order chi connectivity index (χ0) is 25.3. The summed E-state index contributed by atoms with van der Waals surface area (Å²) < 4.78 is 51.1. The molecule has 0 rings (SSSR count). The fourth-order valence-corrected chi connectivity index (χ4v) is 4.06. The Kier molecular flexibility index (Phi) is 15.3. The van der Waals surface area contributed by atoms with Gasteiger partial charge in [0.1, 0.15) is 0 Å². The average molecular weight is 511 g/mol. The predicted molar refractivity (Wildman–Crippen MR) is 128 cm³/mol. The van der Waals surface area contributed by atoms with Gasteiger partial charge in [-0.3, -0.25) is 5.09 Å². The number of rotatable bonds is 12. The molecule has 0 spiro atoms. The van der Waals surface area contributed by atoms with Crippen LogP contribution in [0, 0.1) is 0 Å². The van der Waals surface area contributed by atoms with Crippen LogP contribution in [0.25, 0.3) is 0 Å². The van der Waals surface area contributed by atoms with Crippen LogP contribution in [0.3, 0.4) is 0 Å². The van der Waals surface area contributed by atoms with Crippen molar-refractivity contribution in [2.24, 2.45) is 0 Å². The molecule has 5 atom stereocenters. The van der Waals surface area contributed by atoms with Crippen LogP contribution in [0.4, 0.5) is 0 Å². The molecular formula is C16H43N6O6PS2. The van der Waals surface area contributed by atoms with Crippen molar-refractivity contribution in [3.63, 3.8) is 0 Å². The quantitative estimate of drug-likeness (QED) is 0.254. The van der Waals surface area contributed by atoms with Crippen LogP contribution in [0.1, 0.15) is 13.8 Å². The molecule has 0 aromatic heterocycles. The van der Waals surface area contributed by atoms with Crippen LogP contribution in [0.15, 0.2) is 0 Å². The van der Waals surface area contributed by atoms with E-state index >= 15 is 0 Å². The van der Waals surface area contributed by atoms with Crippen molar-refractivity contribution >= 4 is 29.8 Å². The Morgan fingerprint density at radius 2 is 1.06 bits per heavy atom. The van der Waals surface area contributed by atoms with Crippen molar-refractivity contribution < 1.29 is 27.0 Å². The Morgan fingerprint density at radius 1 is 0.742 bits per heavy atom. The summed E-state index contributed by atoms with van der Waals surface area (Å²) in [4.78, 5) is 1.85. The van der Waals surface area contributed by atoms with Crippen molar-refractivity contribution in [2.75, 3.05) is 69.5 Å². The van der Waals surface area contributed by atoms with E-state index in [0.717, 1.165) is 17.2 Å². The fraction of sp³-hybridized carbons (Fsp3) is 1.00. The zero-order valence-corrected chi connectivity index (χ0v) is 23.2. The summed E-state index contributed by atoms with van der Waals surface area (Å²) in [6.07, 6.45) is -1.46. The molecule has 0 aliphatic rings. The SMILES string of the molecule is C[C@@H]([C@H](O)CN(C)S(=O)(=O)N(C)C)N(C)C.C[C@H](NP)[C@H](O)CN(C)S(=O)(=O)N(C)C. The highest BCUT2D eigenvalue weighted by Gasteiger charge is 2.26. The molecule has 3 N–H and O–H groups in total. The standard InChI is InChI=1S/C9H23N3O3S.C7H20N3O3PS/c1-8(10(2)3)9(13)7-12(6)16(14,15)11(4)5;1-6(8-14)7(11)5-10(4)15(12,13)9(2)3/h8-9,13H,7H2,1-6H3;6-8,11H,5,14H2,1-4H3/t8-,9+;6-,7+/m00/s1. The van der Waals surface area contributed by atoms with E-state index < -0.39 is 32.6 Å². The van der Waals surface area contributed by atoms with E-state index in [1.165, 1.54) is 42.3 Å². The summed E-state index contributed by atoms with van der Waals surface area (Å²) >= 11 is 0. The number of nitrogens with zero attached hydrogens (tertiary/aromatic N) is 5. The molecule has 31 heavy (non-hydrogen) atoms. The lowest BCUT2D eigenvalue weighted by molar-refractivity contribution is 0.0723. The van der Waals surface area contributed by atoms with Crippen LogP contribution in [-0.4, -0.2) is 143 Å². The van der Waals surface area contributed by atoms with E-state index in [1.54, 1.807) is 6.92 Å². The molecule has 0 bridgehead atoms. The number of aliphatic hydroxyl groups excluding tert-OH is 2. The van der Waals surface area contributed by atoms with Gasteiger partial charge in [0, 0.05) is 67.5 Å². The summed E-state index contributed by atoms with van der Waals surface area (Å²) in [6.45, 7) is 3.76. The first kappa shape index (κ1) is 33.2. The average Bonchev–Trinajstić information content (AvgIpc) is 2.66. The van der Waals surface area contributed by atoms with Gasteiger partial charge in [0.05, 0.1) is 12.2 Å². The monoisotopic (exact) mass is 510 g/mol. The number of aliphatic hydroxyl groups is 2. The third-order valence-electron chi connectivity index (χ3n) is 4.81. The van der Waals surface area contributed by atoms with Crippen LogP contribution >= 0.6 is 9.39 Å². The van der Waals surface area contributed by atoms with E-state index in [1.807, 2.05) is 25.9 Å². The molecule has 0 radical (unpaired) electrons. The molecule has 0 saturated heterocycles. The Labute approximate surface area is 191 Å². The maximum Gasteiger partial charge on any atom is 0.281 e. The third-order valence-corrected chi connectivity index (χ3v) is 9.06. The summed E-state index contributed by atoms with van der Waals surface area (Å²) in [5.74, 6) is 0. The minimum atomic E-state index is -3.44. The van der Waals surface area contributed by atoms with Crippen LogP contribution in [0.2, 0.25) is 0 Å². The van der Waals surface area contributed by atoms with Gasteiger partial charge in [0.15, 0.2) is 0 Å². The molecular weight excluding hydrogens is 467 g/mol. The molecule has 190 valence electrons. The van der Waals surface area contributed by atoms with Gasteiger partial charge in [0.2, 0.25) is 0 Å². The van der Waals surface area contributed by atoms with Crippen molar-refractivity contribution in [2.45, 2.75) is 38.1 Å². The van der Waals surface area contributed by atoms with Crippen molar-refractivity contribution in [3.8, 4) is 0 Å². The van der Waals surface area contributed by atoms with Gasteiger partial charge in [-0.25, -0.2) is 0 Å². The molecule has 12 nitrogen and oxygen atoms in total. The van der Waals surface area contributed by atoms with E-state index in [-0.39, 0.29) is 25.2 Å². The first-order chi connectivity index (χ1) is 13.8. The fourth-order valence-electron chi connectivity index (χ4n) is 2.04. The van der Waals surface area contributed by atoms with E-state index in [4.69, 9.17) is 0 Å². The first-order valence-electron chi connectivity index (χ1n) is 9.60. The van der Waals surface area contributed by atoms with Gasteiger partial charge < -0.3 is 15.1 Å². The molecule has 0 fully saturated rings. The zero-order valence-electron chi connectivity index (χ0n) is 20.4. The molecule has 0 aliphatic carbocycles. The molecule has 0 saturated carbocycles. The Morgan fingerprint density at radius 3 is 1.32 bits per heavy atom. The second-order valence-electron chi connectivity index (χ2n) is 7.94. The van der Waals surface area contributed by atoms with Gasteiger partial charge in [-0.1, -0.05) is 9.39 Å². The summed E-state index contributed by atoms with van der Waals surface area (Å²) in [6, 6.07) is -0.283. The minimum Gasteiger partial charge on any atom is -0.390 e. The van der Waals surface area contributed by atoms with Gasteiger partial charge in [0.25, 0.3) is 20.4 Å². The van der Waals surface area contributed by atoms with Crippen LogP contribution in [-0.2, 0) is 20.4 Å². The van der Waals surface area contributed by atoms with E-state index in [2.05, 4.69) is 14.5 Å². The van der Waals surface area contributed by atoms with E-state index in [0.29, 0.717) is 0 Å². The Hall–Kier alpha value is 0.01000. The first-order valence-corrected chi connectivity index (χ1v) is 13.0.